The molecule has 7 heteroatoms. The number of carbonyl (C=O) groups is 1. The molecule has 0 aliphatic carbocycles. The van der Waals surface area contributed by atoms with Crippen LogP contribution in [0.5, 0.6) is 0 Å². The zero-order valence-electron chi connectivity index (χ0n) is 7.70. The van der Waals surface area contributed by atoms with E-state index in [0.717, 1.165) is 5.01 Å². The molecule has 1 unspecified atom stereocenters. The van der Waals surface area contributed by atoms with Gasteiger partial charge in [-0.05, 0) is 6.92 Å². The van der Waals surface area contributed by atoms with Gasteiger partial charge in [0.15, 0.2) is 0 Å². The molecule has 1 aromatic rings. The van der Waals surface area contributed by atoms with Crippen molar-refractivity contribution in [2.45, 2.75) is 19.1 Å². The van der Waals surface area contributed by atoms with Gasteiger partial charge < -0.3 is 4.90 Å². The number of alkyl halides is 2. The Kier molecular flexibility index (Phi) is 3.77. The molecule has 0 bridgehead atoms. The van der Waals surface area contributed by atoms with E-state index in [-0.39, 0.29) is 6.54 Å². The normalized spacial score (nSPS) is 12.6. The molecule has 78 valence electrons. The third-order valence-corrected chi connectivity index (χ3v) is 2.51. The maximum atomic E-state index is 12.4. The summed E-state index contributed by atoms with van der Waals surface area (Å²) in [6, 6.07) is 0. The molecule has 0 aliphatic rings. The standard InChI is InChI=1S/C7H9ClFN3OS/c1-4-10-11-5(14-4)3-12(2)7(13)6(8)9/h6H,3H2,1-2H3. The van der Waals surface area contributed by atoms with Gasteiger partial charge in [-0.2, -0.15) is 0 Å². The summed E-state index contributed by atoms with van der Waals surface area (Å²) in [4.78, 5) is 12.2. The lowest BCUT2D eigenvalue weighted by molar-refractivity contribution is -0.132. The van der Waals surface area contributed by atoms with E-state index in [1.54, 1.807) is 0 Å². The van der Waals surface area contributed by atoms with E-state index in [1.807, 2.05) is 6.92 Å². The topological polar surface area (TPSA) is 46.1 Å². The summed E-state index contributed by atoms with van der Waals surface area (Å²) >= 11 is 6.37. The predicted octanol–water partition coefficient (Wildman–Crippen LogP) is 1.34. The molecule has 0 saturated carbocycles. The van der Waals surface area contributed by atoms with Gasteiger partial charge in [0, 0.05) is 7.05 Å². The second kappa shape index (κ2) is 4.65. The van der Waals surface area contributed by atoms with Gasteiger partial charge >= 0.3 is 0 Å². The SMILES string of the molecule is Cc1nnc(CN(C)C(=O)C(F)Cl)s1. The highest BCUT2D eigenvalue weighted by molar-refractivity contribution is 7.11. The number of halogens is 2. The van der Waals surface area contributed by atoms with Crippen LogP contribution in [-0.4, -0.2) is 33.7 Å². The molecular weight excluding hydrogens is 229 g/mol. The summed E-state index contributed by atoms with van der Waals surface area (Å²) in [5.74, 6) is -0.764. The number of aryl methyl sites for hydroxylation is 1. The van der Waals surface area contributed by atoms with Crippen molar-refractivity contribution in [2.75, 3.05) is 7.05 Å². The molecule has 0 N–H and O–H groups in total. The van der Waals surface area contributed by atoms with Crippen LogP contribution in [0.3, 0.4) is 0 Å². The highest BCUT2D eigenvalue weighted by Crippen LogP contribution is 2.11. The lowest BCUT2D eigenvalue weighted by Gasteiger charge is -2.14. The maximum absolute atomic E-state index is 12.4. The highest BCUT2D eigenvalue weighted by atomic mass is 35.5. The van der Waals surface area contributed by atoms with Crippen molar-refractivity contribution >= 4 is 28.8 Å². The van der Waals surface area contributed by atoms with Crippen molar-refractivity contribution < 1.29 is 9.18 Å². The maximum Gasteiger partial charge on any atom is 0.272 e. The van der Waals surface area contributed by atoms with Crippen LogP contribution in [0.15, 0.2) is 0 Å². The zero-order chi connectivity index (χ0) is 10.7. The lowest BCUT2D eigenvalue weighted by Crippen LogP contribution is -2.31. The quantitative estimate of drug-likeness (QED) is 0.746. The Labute approximate surface area is 89.7 Å². The summed E-state index contributed by atoms with van der Waals surface area (Å²) in [5.41, 5.74) is -1.99. The molecule has 0 aliphatic heterocycles. The summed E-state index contributed by atoms with van der Waals surface area (Å²) in [7, 11) is 1.47. The van der Waals surface area contributed by atoms with Crippen LogP contribution >= 0.6 is 22.9 Å². The molecule has 1 rings (SSSR count). The van der Waals surface area contributed by atoms with E-state index in [2.05, 4.69) is 10.2 Å². The number of rotatable bonds is 3. The molecule has 1 atom stereocenters. The first kappa shape index (κ1) is 11.3. The van der Waals surface area contributed by atoms with Crippen molar-refractivity contribution in [1.82, 2.24) is 15.1 Å². The van der Waals surface area contributed by atoms with Gasteiger partial charge in [-0.3, -0.25) is 4.79 Å². The van der Waals surface area contributed by atoms with E-state index in [4.69, 9.17) is 11.6 Å². The lowest BCUT2D eigenvalue weighted by atomic mass is 10.5. The molecular formula is C7H9ClFN3OS. The van der Waals surface area contributed by atoms with Crippen molar-refractivity contribution in [3.05, 3.63) is 10.0 Å². The Bertz CT molecular complexity index is 330. The third kappa shape index (κ3) is 2.88. The van der Waals surface area contributed by atoms with Crippen LogP contribution in [0.4, 0.5) is 4.39 Å². The molecule has 0 saturated heterocycles. The Morgan fingerprint density at radius 2 is 2.36 bits per heavy atom. The van der Waals surface area contributed by atoms with Crippen molar-refractivity contribution in [1.29, 1.82) is 0 Å². The first-order valence-corrected chi connectivity index (χ1v) is 5.08. The molecule has 4 nitrogen and oxygen atoms in total. The van der Waals surface area contributed by atoms with Crippen LogP contribution in [0, 0.1) is 6.92 Å². The number of hydrogen-bond donors (Lipinski definition) is 0. The Balaban J connectivity index is 2.57. The Morgan fingerprint density at radius 1 is 1.71 bits per heavy atom. The average molecular weight is 238 g/mol. The Morgan fingerprint density at radius 3 is 2.79 bits per heavy atom. The highest BCUT2D eigenvalue weighted by Gasteiger charge is 2.19. The van der Waals surface area contributed by atoms with Gasteiger partial charge in [-0.1, -0.05) is 22.9 Å². The molecule has 1 amide bonds. The third-order valence-electron chi connectivity index (χ3n) is 1.50. The number of carbonyl (C=O) groups excluding carboxylic acids is 1. The van der Waals surface area contributed by atoms with E-state index < -0.39 is 11.5 Å². The molecule has 0 radical (unpaired) electrons. The molecule has 1 heterocycles. The minimum absolute atomic E-state index is 0.234. The monoisotopic (exact) mass is 237 g/mol. The zero-order valence-corrected chi connectivity index (χ0v) is 9.27. The first-order valence-electron chi connectivity index (χ1n) is 3.83. The number of nitrogens with zero attached hydrogens (tertiary/aromatic N) is 3. The number of amides is 1. The largest absolute Gasteiger partial charge is 0.335 e. The van der Waals surface area contributed by atoms with E-state index >= 15 is 0 Å². The minimum atomic E-state index is -1.99. The molecule has 0 fully saturated rings. The van der Waals surface area contributed by atoms with E-state index in [9.17, 15) is 9.18 Å². The summed E-state index contributed by atoms with van der Waals surface area (Å²) in [6.45, 7) is 2.04. The second-order valence-electron chi connectivity index (χ2n) is 2.71. The van der Waals surface area contributed by atoms with Gasteiger partial charge in [-0.25, -0.2) is 4.39 Å². The summed E-state index contributed by atoms with van der Waals surface area (Å²) < 4.78 is 12.4. The summed E-state index contributed by atoms with van der Waals surface area (Å²) in [5, 5.41) is 9.06. The van der Waals surface area contributed by atoms with Crippen LogP contribution in [0.1, 0.15) is 10.0 Å². The molecule has 14 heavy (non-hydrogen) atoms. The van der Waals surface area contributed by atoms with Crippen LogP contribution in [0.2, 0.25) is 0 Å². The predicted molar refractivity (Wildman–Crippen MR) is 51.9 cm³/mol. The smallest absolute Gasteiger partial charge is 0.272 e. The van der Waals surface area contributed by atoms with Gasteiger partial charge in [0.05, 0.1) is 6.54 Å². The van der Waals surface area contributed by atoms with E-state index in [0.29, 0.717) is 5.01 Å². The number of aromatic nitrogens is 2. The van der Waals surface area contributed by atoms with Crippen molar-refractivity contribution in [3.63, 3.8) is 0 Å². The molecule has 0 spiro atoms. The average Bonchev–Trinajstić information content (AvgIpc) is 2.49. The molecule has 0 aromatic carbocycles. The minimum Gasteiger partial charge on any atom is -0.335 e. The van der Waals surface area contributed by atoms with E-state index in [1.165, 1.54) is 23.3 Å². The second-order valence-corrected chi connectivity index (χ2v) is 4.36. The van der Waals surface area contributed by atoms with Gasteiger partial charge in [-0.15, -0.1) is 10.2 Å². The van der Waals surface area contributed by atoms with Crippen LogP contribution < -0.4 is 0 Å². The van der Waals surface area contributed by atoms with Crippen molar-refractivity contribution in [3.8, 4) is 0 Å². The van der Waals surface area contributed by atoms with Gasteiger partial charge in [0.2, 0.25) is 0 Å². The number of hydrogen-bond acceptors (Lipinski definition) is 4. The fraction of sp³-hybridized carbons (Fsp3) is 0.571. The van der Waals surface area contributed by atoms with Crippen LogP contribution in [-0.2, 0) is 11.3 Å². The molecule has 1 aromatic heterocycles. The fourth-order valence-electron chi connectivity index (χ4n) is 0.849. The van der Waals surface area contributed by atoms with Gasteiger partial charge in [0.25, 0.3) is 11.5 Å². The Hall–Kier alpha value is -0.750. The first-order chi connectivity index (χ1) is 6.50. The fourth-order valence-corrected chi connectivity index (χ4v) is 1.78. The summed E-state index contributed by atoms with van der Waals surface area (Å²) in [6.07, 6.45) is 0. The van der Waals surface area contributed by atoms with Crippen molar-refractivity contribution in [2.24, 2.45) is 0 Å². The van der Waals surface area contributed by atoms with Gasteiger partial charge in [0.1, 0.15) is 10.0 Å². The van der Waals surface area contributed by atoms with Crippen LogP contribution in [0.25, 0.3) is 0 Å².